The van der Waals surface area contributed by atoms with Crippen molar-refractivity contribution in [2.75, 3.05) is 19.8 Å². The third kappa shape index (κ3) is 4.06. The summed E-state index contributed by atoms with van der Waals surface area (Å²) in [7, 11) is 0. The molecule has 2 saturated heterocycles. The zero-order chi connectivity index (χ0) is 15.5. The molecule has 2 aliphatic rings. The smallest absolute Gasteiger partial charge is 0.240 e. The predicted molar refractivity (Wildman–Crippen MR) is 93.7 cm³/mol. The Bertz CT molecular complexity index is 505. The molecule has 0 aromatic heterocycles. The van der Waals surface area contributed by atoms with Crippen LogP contribution in [0.15, 0.2) is 30.3 Å². The highest BCUT2D eigenvalue weighted by molar-refractivity contribution is 5.85. The van der Waals surface area contributed by atoms with Gasteiger partial charge in [0.1, 0.15) is 0 Å². The first-order valence-corrected chi connectivity index (χ1v) is 8.35. The first-order valence-electron chi connectivity index (χ1n) is 8.35. The van der Waals surface area contributed by atoms with Crippen LogP contribution in [0, 0.1) is 5.92 Å². The molecule has 2 aliphatic heterocycles. The number of carbonyl (C=O) groups excluding carboxylic acids is 1. The van der Waals surface area contributed by atoms with Gasteiger partial charge in [-0.3, -0.25) is 4.79 Å². The highest BCUT2D eigenvalue weighted by atomic mass is 35.5. The second kappa shape index (κ2) is 8.13. The average Bonchev–Trinajstić information content (AvgIpc) is 2.97. The molecule has 1 aromatic rings. The summed E-state index contributed by atoms with van der Waals surface area (Å²) in [6, 6.07) is 10.4. The summed E-state index contributed by atoms with van der Waals surface area (Å²) < 4.78 is 5.37. The lowest BCUT2D eigenvalue weighted by atomic mass is 9.91. The van der Waals surface area contributed by atoms with Crippen molar-refractivity contribution in [2.45, 2.75) is 44.2 Å². The normalized spacial score (nSPS) is 26.6. The fourth-order valence-corrected chi connectivity index (χ4v) is 3.77. The molecule has 2 heterocycles. The first kappa shape index (κ1) is 18.2. The van der Waals surface area contributed by atoms with Gasteiger partial charge in [-0.05, 0) is 37.7 Å². The van der Waals surface area contributed by atoms with Crippen LogP contribution in [0.1, 0.15) is 37.7 Å². The highest BCUT2D eigenvalue weighted by Gasteiger charge is 2.37. The zero-order valence-electron chi connectivity index (χ0n) is 13.7. The van der Waals surface area contributed by atoms with Gasteiger partial charge < -0.3 is 15.4 Å². The van der Waals surface area contributed by atoms with E-state index in [9.17, 15) is 4.79 Å². The van der Waals surface area contributed by atoms with Gasteiger partial charge in [0.2, 0.25) is 5.91 Å². The fraction of sp³-hybridized carbons (Fsp3) is 0.611. The monoisotopic (exact) mass is 338 g/mol. The van der Waals surface area contributed by atoms with Crippen molar-refractivity contribution in [1.29, 1.82) is 0 Å². The van der Waals surface area contributed by atoms with Gasteiger partial charge in [0.05, 0.1) is 6.04 Å². The van der Waals surface area contributed by atoms with Gasteiger partial charge in [-0.25, -0.2) is 0 Å². The third-order valence-electron chi connectivity index (χ3n) is 5.19. The molecule has 0 aliphatic carbocycles. The van der Waals surface area contributed by atoms with E-state index in [0.29, 0.717) is 5.92 Å². The molecule has 3 rings (SSSR count). The van der Waals surface area contributed by atoms with Gasteiger partial charge in [0.15, 0.2) is 0 Å². The minimum absolute atomic E-state index is 0. The molecular weight excluding hydrogens is 312 g/mol. The van der Waals surface area contributed by atoms with Crippen molar-refractivity contribution in [3.63, 3.8) is 0 Å². The molecule has 23 heavy (non-hydrogen) atoms. The van der Waals surface area contributed by atoms with Crippen molar-refractivity contribution in [2.24, 2.45) is 11.7 Å². The molecule has 128 valence electrons. The number of hydrogen-bond donors (Lipinski definition) is 1. The van der Waals surface area contributed by atoms with Crippen molar-refractivity contribution in [3.8, 4) is 0 Å². The van der Waals surface area contributed by atoms with E-state index >= 15 is 0 Å². The van der Waals surface area contributed by atoms with Crippen LogP contribution in [-0.2, 0) is 9.53 Å². The highest BCUT2D eigenvalue weighted by Crippen LogP contribution is 2.32. The molecule has 0 spiro atoms. The van der Waals surface area contributed by atoms with Crippen molar-refractivity contribution >= 4 is 18.3 Å². The minimum atomic E-state index is -0.374. The number of nitrogens with zero attached hydrogens (tertiary/aromatic N) is 1. The Morgan fingerprint density at radius 3 is 2.57 bits per heavy atom. The first-order chi connectivity index (χ1) is 10.7. The third-order valence-corrected chi connectivity index (χ3v) is 5.19. The molecule has 0 saturated carbocycles. The lowest BCUT2D eigenvalue weighted by molar-refractivity contribution is -0.135. The number of benzene rings is 1. The van der Waals surface area contributed by atoms with E-state index in [4.69, 9.17) is 10.5 Å². The van der Waals surface area contributed by atoms with Gasteiger partial charge in [-0.1, -0.05) is 30.3 Å². The van der Waals surface area contributed by atoms with Crippen LogP contribution in [0.5, 0.6) is 0 Å². The molecule has 4 nitrogen and oxygen atoms in total. The van der Waals surface area contributed by atoms with Gasteiger partial charge >= 0.3 is 0 Å². The summed E-state index contributed by atoms with van der Waals surface area (Å²) in [6.07, 6.45) is 2.82. The maximum absolute atomic E-state index is 12.8. The predicted octanol–water partition coefficient (Wildman–Crippen LogP) is 2.57. The number of likely N-dealkylation sites (tertiary alicyclic amines) is 1. The molecule has 5 heteroatoms. The van der Waals surface area contributed by atoms with Crippen LogP contribution in [0.3, 0.4) is 0 Å². The number of amides is 1. The lowest BCUT2D eigenvalue weighted by Crippen LogP contribution is -2.50. The maximum Gasteiger partial charge on any atom is 0.240 e. The van der Waals surface area contributed by atoms with Gasteiger partial charge in [0.25, 0.3) is 0 Å². The Kier molecular flexibility index (Phi) is 6.45. The summed E-state index contributed by atoms with van der Waals surface area (Å²) in [5.41, 5.74) is 7.59. The number of ether oxygens (including phenoxy) is 1. The maximum atomic E-state index is 12.8. The van der Waals surface area contributed by atoms with E-state index < -0.39 is 0 Å². The summed E-state index contributed by atoms with van der Waals surface area (Å²) in [4.78, 5) is 14.8. The Balaban J connectivity index is 0.00000192. The SMILES string of the molecule is CC1CC(c2ccccc2)CN1C(=O)C(N)C1CCOCC1.Cl. The van der Waals surface area contributed by atoms with Crippen molar-refractivity contribution in [1.82, 2.24) is 4.90 Å². The molecule has 1 aromatic carbocycles. The van der Waals surface area contributed by atoms with E-state index in [1.807, 2.05) is 11.0 Å². The summed E-state index contributed by atoms with van der Waals surface area (Å²) in [5, 5.41) is 0. The van der Waals surface area contributed by atoms with Gasteiger partial charge in [-0.15, -0.1) is 12.4 Å². The van der Waals surface area contributed by atoms with Crippen LogP contribution in [-0.4, -0.2) is 42.6 Å². The Morgan fingerprint density at radius 2 is 1.91 bits per heavy atom. The Hall–Kier alpha value is -1.10. The summed E-state index contributed by atoms with van der Waals surface area (Å²) in [5.74, 6) is 0.823. The number of rotatable bonds is 3. The van der Waals surface area contributed by atoms with E-state index in [2.05, 4.69) is 31.2 Å². The molecule has 2 fully saturated rings. The quantitative estimate of drug-likeness (QED) is 0.921. The van der Waals surface area contributed by atoms with Crippen molar-refractivity contribution in [3.05, 3.63) is 35.9 Å². The van der Waals surface area contributed by atoms with E-state index in [-0.39, 0.29) is 36.3 Å². The largest absolute Gasteiger partial charge is 0.381 e. The Morgan fingerprint density at radius 1 is 1.26 bits per heavy atom. The Labute approximate surface area is 144 Å². The molecule has 0 bridgehead atoms. The summed E-state index contributed by atoms with van der Waals surface area (Å²) >= 11 is 0. The second-order valence-corrected chi connectivity index (χ2v) is 6.66. The number of halogens is 1. The number of nitrogens with two attached hydrogens (primary N) is 1. The molecule has 2 N–H and O–H groups in total. The summed E-state index contributed by atoms with van der Waals surface area (Å²) in [6.45, 7) is 4.39. The lowest BCUT2D eigenvalue weighted by Gasteiger charge is -2.31. The van der Waals surface area contributed by atoms with Gasteiger partial charge in [-0.2, -0.15) is 0 Å². The van der Waals surface area contributed by atoms with Crippen LogP contribution < -0.4 is 5.73 Å². The fourth-order valence-electron chi connectivity index (χ4n) is 3.77. The second-order valence-electron chi connectivity index (χ2n) is 6.66. The minimum Gasteiger partial charge on any atom is -0.381 e. The van der Waals surface area contributed by atoms with Crippen LogP contribution in [0.2, 0.25) is 0 Å². The molecule has 3 unspecified atom stereocenters. The topological polar surface area (TPSA) is 55.6 Å². The molecule has 0 radical (unpaired) electrons. The molecular formula is C18H27ClN2O2. The standard InChI is InChI=1S/C18H26N2O2.ClH/c1-13-11-16(14-5-3-2-4-6-14)12-20(13)18(21)17(19)15-7-9-22-10-8-15;/h2-6,13,15-17H,7-12,19H2,1H3;1H. The van der Waals surface area contributed by atoms with Crippen molar-refractivity contribution < 1.29 is 9.53 Å². The van der Waals surface area contributed by atoms with Crippen LogP contribution in [0.4, 0.5) is 0 Å². The molecule has 1 amide bonds. The van der Waals surface area contributed by atoms with Crippen LogP contribution >= 0.6 is 12.4 Å². The van der Waals surface area contributed by atoms with E-state index in [1.54, 1.807) is 0 Å². The number of carbonyl (C=O) groups is 1. The molecule has 3 atom stereocenters. The number of hydrogen-bond acceptors (Lipinski definition) is 3. The van der Waals surface area contributed by atoms with Crippen LogP contribution in [0.25, 0.3) is 0 Å². The van der Waals surface area contributed by atoms with E-state index in [1.165, 1.54) is 5.56 Å². The van der Waals surface area contributed by atoms with E-state index in [0.717, 1.165) is 39.0 Å². The average molecular weight is 339 g/mol. The zero-order valence-corrected chi connectivity index (χ0v) is 14.5. The van der Waals surface area contributed by atoms with Gasteiger partial charge in [0, 0.05) is 31.7 Å².